The lowest BCUT2D eigenvalue weighted by Gasteiger charge is -2.38. The number of aliphatic hydroxyl groups is 1. The van der Waals surface area contributed by atoms with Crippen molar-refractivity contribution < 1.29 is 28.4 Å². The number of aliphatic hydroxyl groups excluding tert-OH is 1. The molecule has 3 heterocycles. The largest absolute Gasteiger partial charge is 0.394 e. The first-order chi connectivity index (χ1) is 18.5. The Morgan fingerprint density at radius 3 is 2.56 bits per heavy atom. The van der Waals surface area contributed by atoms with E-state index < -0.39 is 38.6 Å². The summed E-state index contributed by atoms with van der Waals surface area (Å²) in [5.74, 6) is -0.657. The first-order valence-electron chi connectivity index (χ1n) is 12.9. The molecule has 14 nitrogen and oxygen atoms in total. The monoisotopic (exact) mass is 567 g/mol. The molecule has 3 rings (SSSR count). The standard InChI is InChI=1S/C24H38N7O7P/c1-13(2)21(33)28-24-27-20-17(22(34)29-24)26-12-30(20)23-19(35-7)18(16(11-32)37-23)38-39(36-10-8-9-25)31(14(3)4)15(5)6/h12-16,18-19,23,32H,8,10-11H2,1-7H3,(H2,27,28,29,33,34)/t16-,18-,19-,23-,39?/m1/s1. The second-order valence-electron chi connectivity index (χ2n) is 9.95. The minimum Gasteiger partial charge on any atom is -0.394 e. The lowest BCUT2D eigenvalue weighted by molar-refractivity contribution is -0.118. The number of nitriles is 1. The number of nitrogens with one attached hydrogen (secondary N) is 2. The number of hydrogen-bond acceptors (Lipinski definition) is 11. The predicted molar refractivity (Wildman–Crippen MR) is 143 cm³/mol. The molecule has 39 heavy (non-hydrogen) atoms. The first-order valence-corrected chi connectivity index (χ1v) is 14.0. The molecular formula is C24H38N7O7P. The molecule has 1 unspecified atom stereocenters. The average molecular weight is 568 g/mol. The van der Waals surface area contributed by atoms with Crippen LogP contribution in [0.5, 0.6) is 0 Å². The van der Waals surface area contributed by atoms with Gasteiger partial charge in [0.25, 0.3) is 14.1 Å². The molecule has 1 amide bonds. The summed E-state index contributed by atoms with van der Waals surface area (Å²) in [5.41, 5.74) is -0.315. The number of fused-ring (bicyclic) bond motifs is 1. The number of carbonyl (C=O) groups is 1. The van der Waals surface area contributed by atoms with E-state index in [4.69, 9.17) is 23.8 Å². The number of nitrogens with zero attached hydrogens (tertiary/aromatic N) is 5. The number of aromatic nitrogens is 4. The predicted octanol–water partition coefficient (Wildman–Crippen LogP) is 2.28. The molecular weight excluding hydrogens is 529 g/mol. The van der Waals surface area contributed by atoms with Crippen LogP contribution < -0.4 is 10.9 Å². The van der Waals surface area contributed by atoms with E-state index in [1.54, 1.807) is 13.8 Å². The second-order valence-corrected chi connectivity index (χ2v) is 11.4. The number of rotatable bonds is 13. The van der Waals surface area contributed by atoms with E-state index in [0.717, 1.165) is 0 Å². The number of H-pyrrole nitrogens is 1. The van der Waals surface area contributed by atoms with Gasteiger partial charge in [-0.1, -0.05) is 13.8 Å². The van der Waals surface area contributed by atoms with Gasteiger partial charge in [0.1, 0.15) is 18.3 Å². The fourth-order valence-corrected chi connectivity index (χ4v) is 6.06. The average Bonchev–Trinajstić information content (AvgIpc) is 3.44. The van der Waals surface area contributed by atoms with Gasteiger partial charge in [0.2, 0.25) is 11.9 Å². The van der Waals surface area contributed by atoms with Crippen molar-refractivity contribution in [1.82, 2.24) is 24.2 Å². The van der Waals surface area contributed by atoms with Crippen molar-refractivity contribution in [3.05, 3.63) is 16.7 Å². The van der Waals surface area contributed by atoms with E-state index in [9.17, 15) is 14.7 Å². The van der Waals surface area contributed by atoms with E-state index in [1.807, 2.05) is 27.7 Å². The number of carbonyl (C=O) groups excluding carboxylic acids is 1. The molecule has 15 heteroatoms. The molecule has 0 spiro atoms. The summed E-state index contributed by atoms with van der Waals surface area (Å²) in [6.45, 7) is 11.3. The van der Waals surface area contributed by atoms with Crippen LogP contribution >= 0.6 is 8.53 Å². The molecule has 0 bridgehead atoms. The molecule has 3 N–H and O–H groups in total. The summed E-state index contributed by atoms with van der Waals surface area (Å²) in [4.78, 5) is 36.0. The number of amides is 1. The SMILES string of the molecule is CO[C@@H]1[C@H](OP(OCCC#N)N(C(C)C)C(C)C)[C@@H](CO)O[C@H]1n1cnc2c(=O)[nH]c(NC(=O)C(C)C)nc21. The van der Waals surface area contributed by atoms with Gasteiger partial charge in [0.15, 0.2) is 17.4 Å². The van der Waals surface area contributed by atoms with Crippen LogP contribution in [0, 0.1) is 17.2 Å². The van der Waals surface area contributed by atoms with Gasteiger partial charge in [-0.25, -0.2) is 9.65 Å². The van der Waals surface area contributed by atoms with Crippen molar-refractivity contribution in [3.8, 4) is 6.07 Å². The highest BCUT2D eigenvalue weighted by molar-refractivity contribution is 7.44. The Balaban J connectivity index is 1.98. The van der Waals surface area contributed by atoms with Crippen molar-refractivity contribution in [1.29, 1.82) is 5.26 Å². The van der Waals surface area contributed by atoms with Crippen LogP contribution in [-0.4, -0.2) is 85.9 Å². The number of ether oxygens (including phenoxy) is 2. The van der Waals surface area contributed by atoms with Crippen molar-refractivity contribution >= 4 is 31.5 Å². The van der Waals surface area contributed by atoms with Gasteiger partial charge in [0.05, 0.1) is 32.0 Å². The third kappa shape index (κ3) is 6.99. The molecule has 5 atom stereocenters. The fourth-order valence-electron chi connectivity index (χ4n) is 4.29. The molecule has 216 valence electrons. The number of anilines is 1. The van der Waals surface area contributed by atoms with E-state index >= 15 is 0 Å². The van der Waals surface area contributed by atoms with Crippen LogP contribution in [0.15, 0.2) is 11.1 Å². The number of hydrogen-bond donors (Lipinski definition) is 3. The highest BCUT2D eigenvalue weighted by Gasteiger charge is 2.49. The number of methoxy groups -OCH3 is 1. The van der Waals surface area contributed by atoms with Gasteiger partial charge < -0.3 is 23.6 Å². The van der Waals surface area contributed by atoms with Gasteiger partial charge >= 0.3 is 0 Å². The zero-order valence-electron chi connectivity index (χ0n) is 23.3. The van der Waals surface area contributed by atoms with Gasteiger partial charge in [0, 0.05) is 25.1 Å². The first kappa shape index (κ1) is 31.0. The van der Waals surface area contributed by atoms with E-state index in [-0.39, 0.29) is 60.7 Å². The van der Waals surface area contributed by atoms with Crippen molar-refractivity contribution in [2.45, 2.75) is 84.6 Å². The Kier molecular flexibility index (Phi) is 10.9. The molecule has 1 fully saturated rings. The highest BCUT2D eigenvalue weighted by atomic mass is 31.2. The van der Waals surface area contributed by atoms with Crippen LogP contribution in [0.4, 0.5) is 5.95 Å². The zero-order chi connectivity index (χ0) is 28.9. The zero-order valence-corrected chi connectivity index (χ0v) is 24.2. The van der Waals surface area contributed by atoms with Crippen molar-refractivity contribution in [2.24, 2.45) is 5.92 Å². The maximum Gasteiger partial charge on any atom is 0.280 e. The molecule has 2 aromatic rings. The van der Waals surface area contributed by atoms with Crippen molar-refractivity contribution in [3.63, 3.8) is 0 Å². The van der Waals surface area contributed by atoms with E-state index in [1.165, 1.54) is 18.0 Å². The topological polar surface area (TPSA) is 177 Å². The Morgan fingerprint density at radius 1 is 1.31 bits per heavy atom. The van der Waals surface area contributed by atoms with Gasteiger partial charge in [-0.3, -0.25) is 24.5 Å². The summed E-state index contributed by atoms with van der Waals surface area (Å²) in [6.07, 6.45) is -1.59. The summed E-state index contributed by atoms with van der Waals surface area (Å²) >= 11 is 0. The Bertz CT molecular complexity index is 1200. The third-order valence-electron chi connectivity index (χ3n) is 6.08. The molecule has 0 saturated carbocycles. The lowest BCUT2D eigenvalue weighted by Crippen LogP contribution is -2.40. The van der Waals surface area contributed by atoms with E-state index in [0.29, 0.717) is 0 Å². The summed E-state index contributed by atoms with van der Waals surface area (Å²) in [7, 11) is -0.168. The Hall–Kier alpha value is -2.50. The van der Waals surface area contributed by atoms with Crippen LogP contribution in [0.25, 0.3) is 11.2 Å². The summed E-state index contributed by atoms with van der Waals surface area (Å²) < 4.78 is 28.1. The van der Waals surface area contributed by atoms with Crippen LogP contribution in [-0.2, 0) is 23.3 Å². The molecule has 0 radical (unpaired) electrons. The normalized spacial score (nSPS) is 22.3. The minimum atomic E-state index is -1.66. The van der Waals surface area contributed by atoms with Gasteiger partial charge in [-0.05, 0) is 27.7 Å². The Labute approximate surface area is 228 Å². The summed E-state index contributed by atoms with van der Waals surface area (Å²) in [6, 6.07) is 2.21. The quantitative estimate of drug-likeness (QED) is 0.239. The fraction of sp³-hybridized carbons (Fsp3) is 0.708. The maximum absolute atomic E-state index is 12.7. The van der Waals surface area contributed by atoms with Crippen LogP contribution in [0.2, 0.25) is 0 Å². The minimum absolute atomic E-state index is 0.0228. The second kappa shape index (κ2) is 13.7. The Morgan fingerprint density at radius 2 is 2.00 bits per heavy atom. The molecule has 1 saturated heterocycles. The molecule has 1 aliphatic heterocycles. The maximum atomic E-state index is 12.7. The number of aromatic amines is 1. The van der Waals surface area contributed by atoms with Gasteiger partial charge in [-0.2, -0.15) is 10.2 Å². The number of imidazole rings is 1. The van der Waals surface area contributed by atoms with Crippen LogP contribution in [0.1, 0.15) is 54.2 Å². The van der Waals surface area contributed by atoms with Crippen LogP contribution in [0.3, 0.4) is 0 Å². The smallest absolute Gasteiger partial charge is 0.280 e. The molecule has 1 aliphatic rings. The highest BCUT2D eigenvalue weighted by Crippen LogP contribution is 2.50. The summed E-state index contributed by atoms with van der Waals surface area (Å²) in [5, 5.41) is 21.8. The molecule has 2 aromatic heterocycles. The lowest BCUT2D eigenvalue weighted by atomic mass is 10.1. The molecule has 0 aliphatic carbocycles. The van der Waals surface area contributed by atoms with E-state index in [2.05, 4.69) is 31.0 Å². The van der Waals surface area contributed by atoms with Gasteiger partial charge in [-0.15, -0.1) is 0 Å². The van der Waals surface area contributed by atoms with Crippen molar-refractivity contribution in [2.75, 3.05) is 25.6 Å². The third-order valence-corrected chi connectivity index (χ3v) is 8.21. The molecule has 0 aromatic carbocycles.